The molecular formula is C14H15NO4. The van der Waals surface area contributed by atoms with E-state index >= 15 is 0 Å². The highest BCUT2D eigenvalue weighted by Gasteiger charge is 2.17. The number of esters is 1. The number of nitrogens with zero attached hydrogens (tertiary/aromatic N) is 1. The SMILES string of the molecule is CO/N=C/c1cccc2c1OCCC(C(=O)OC)=C2. The lowest BCUT2D eigenvalue weighted by Crippen LogP contribution is -2.07. The van der Waals surface area contributed by atoms with E-state index in [1.807, 2.05) is 18.2 Å². The van der Waals surface area contributed by atoms with Gasteiger partial charge < -0.3 is 14.3 Å². The number of hydrogen-bond donors (Lipinski definition) is 0. The van der Waals surface area contributed by atoms with Crippen molar-refractivity contribution in [3.63, 3.8) is 0 Å². The molecule has 1 heterocycles. The average molecular weight is 261 g/mol. The van der Waals surface area contributed by atoms with Crippen LogP contribution in [-0.2, 0) is 14.4 Å². The average Bonchev–Trinajstić information content (AvgIpc) is 2.66. The van der Waals surface area contributed by atoms with Gasteiger partial charge in [0.05, 0.1) is 19.9 Å². The van der Waals surface area contributed by atoms with E-state index in [0.717, 1.165) is 11.1 Å². The van der Waals surface area contributed by atoms with Crippen LogP contribution in [0.25, 0.3) is 6.08 Å². The summed E-state index contributed by atoms with van der Waals surface area (Å²) in [6, 6.07) is 5.63. The second-order valence-electron chi connectivity index (χ2n) is 3.94. The van der Waals surface area contributed by atoms with Crippen LogP contribution in [0.4, 0.5) is 0 Å². The number of carbonyl (C=O) groups excluding carboxylic acids is 1. The van der Waals surface area contributed by atoms with E-state index in [4.69, 9.17) is 9.47 Å². The summed E-state index contributed by atoms with van der Waals surface area (Å²) in [5.41, 5.74) is 2.24. The highest BCUT2D eigenvalue weighted by Crippen LogP contribution is 2.29. The lowest BCUT2D eigenvalue weighted by molar-refractivity contribution is -0.136. The van der Waals surface area contributed by atoms with Crippen molar-refractivity contribution in [3.05, 3.63) is 34.9 Å². The third kappa shape index (κ3) is 2.93. The molecule has 100 valence electrons. The first-order valence-electron chi connectivity index (χ1n) is 5.87. The summed E-state index contributed by atoms with van der Waals surface area (Å²) in [6.07, 6.45) is 3.89. The number of para-hydroxylation sites is 1. The van der Waals surface area contributed by atoms with E-state index in [0.29, 0.717) is 24.4 Å². The first-order valence-corrected chi connectivity index (χ1v) is 5.87. The molecule has 2 rings (SSSR count). The molecule has 0 fully saturated rings. The van der Waals surface area contributed by atoms with Crippen LogP contribution in [0, 0.1) is 0 Å². The maximum Gasteiger partial charge on any atom is 0.333 e. The normalized spacial score (nSPS) is 14.1. The number of methoxy groups -OCH3 is 1. The summed E-state index contributed by atoms with van der Waals surface area (Å²) in [5, 5.41) is 3.73. The Bertz CT molecular complexity index is 534. The molecule has 1 aliphatic heterocycles. The minimum atomic E-state index is -0.326. The molecular weight excluding hydrogens is 246 g/mol. The zero-order valence-electron chi connectivity index (χ0n) is 10.9. The predicted octanol–water partition coefficient (Wildman–Crippen LogP) is 2.01. The number of rotatable bonds is 3. The van der Waals surface area contributed by atoms with Gasteiger partial charge in [-0.2, -0.15) is 0 Å². The molecule has 19 heavy (non-hydrogen) atoms. The van der Waals surface area contributed by atoms with Crippen LogP contribution < -0.4 is 4.74 Å². The number of fused-ring (bicyclic) bond motifs is 1. The van der Waals surface area contributed by atoms with Crippen molar-refractivity contribution >= 4 is 18.3 Å². The molecule has 5 nitrogen and oxygen atoms in total. The van der Waals surface area contributed by atoms with E-state index in [2.05, 4.69) is 9.99 Å². The number of ether oxygens (including phenoxy) is 2. The maximum absolute atomic E-state index is 11.6. The van der Waals surface area contributed by atoms with Crippen LogP contribution in [-0.4, -0.2) is 33.0 Å². The monoisotopic (exact) mass is 261 g/mol. The summed E-state index contributed by atoms with van der Waals surface area (Å²) in [6.45, 7) is 0.422. The van der Waals surface area contributed by atoms with Crippen LogP contribution in [0.1, 0.15) is 17.5 Å². The summed E-state index contributed by atoms with van der Waals surface area (Å²) in [7, 11) is 2.85. The van der Waals surface area contributed by atoms with Gasteiger partial charge in [-0.05, 0) is 12.1 Å². The molecule has 1 aromatic rings. The molecule has 0 N–H and O–H groups in total. The van der Waals surface area contributed by atoms with Crippen LogP contribution in [0.15, 0.2) is 28.9 Å². The van der Waals surface area contributed by atoms with Gasteiger partial charge in [0.2, 0.25) is 0 Å². The number of oxime groups is 1. The lowest BCUT2D eigenvalue weighted by Gasteiger charge is -2.08. The van der Waals surface area contributed by atoms with Gasteiger partial charge >= 0.3 is 5.97 Å². The van der Waals surface area contributed by atoms with Crippen LogP contribution in [0.5, 0.6) is 5.75 Å². The summed E-state index contributed by atoms with van der Waals surface area (Å²) >= 11 is 0. The Balaban J connectivity index is 2.42. The maximum atomic E-state index is 11.6. The van der Waals surface area contributed by atoms with Gasteiger partial charge in [-0.3, -0.25) is 0 Å². The minimum absolute atomic E-state index is 0.326. The van der Waals surface area contributed by atoms with Gasteiger partial charge in [-0.25, -0.2) is 4.79 Å². The van der Waals surface area contributed by atoms with Gasteiger partial charge in [0.25, 0.3) is 0 Å². The number of carbonyl (C=O) groups is 1. The molecule has 0 bridgehead atoms. The molecule has 0 aliphatic carbocycles. The summed E-state index contributed by atoms with van der Waals surface area (Å²) in [5.74, 6) is 0.370. The van der Waals surface area contributed by atoms with E-state index in [1.165, 1.54) is 14.2 Å². The van der Waals surface area contributed by atoms with Crippen molar-refractivity contribution in [1.82, 2.24) is 0 Å². The lowest BCUT2D eigenvalue weighted by atomic mass is 10.1. The largest absolute Gasteiger partial charge is 0.492 e. The van der Waals surface area contributed by atoms with Crippen molar-refractivity contribution < 1.29 is 19.1 Å². The number of hydrogen-bond acceptors (Lipinski definition) is 5. The standard InChI is InChI=1S/C14H15NO4/c1-17-14(16)11-6-7-19-13-10(8-11)4-3-5-12(13)9-15-18-2/h3-5,8-9H,6-7H2,1-2H3/b15-9+. The van der Waals surface area contributed by atoms with Gasteiger partial charge in [-0.15, -0.1) is 0 Å². The summed E-state index contributed by atoms with van der Waals surface area (Å²) in [4.78, 5) is 16.3. The topological polar surface area (TPSA) is 57.1 Å². The van der Waals surface area contributed by atoms with Gasteiger partial charge in [0, 0.05) is 23.1 Å². The third-order valence-electron chi connectivity index (χ3n) is 2.77. The molecule has 0 unspecified atom stereocenters. The van der Waals surface area contributed by atoms with Crippen molar-refractivity contribution in [2.24, 2.45) is 5.16 Å². The predicted molar refractivity (Wildman–Crippen MR) is 71.2 cm³/mol. The van der Waals surface area contributed by atoms with Crippen molar-refractivity contribution in [2.75, 3.05) is 20.8 Å². The molecule has 5 heteroatoms. The smallest absolute Gasteiger partial charge is 0.333 e. The van der Waals surface area contributed by atoms with Crippen LogP contribution in [0.2, 0.25) is 0 Å². The van der Waals surface area contributed by atoms with Crippen molar-refractivity contribution in [2.45, 2.75) is 6.42 Å². The molecule has 0 atom stereocenters. The van der Waals surface area contributed by atoms with E-state index < -0.39 is 0 Å². The van der Waals surface area contributed by atoms with E-state index in [1.54, 1.807) is 12.3 Å². The Morgan fingerprint density at radius 1 is 1.42 bits per heavy atom. The fourth-order valence-electron chi connectivity index (χ4n) is 1.88. The Morgan fingerprint density at radius 3 is 3.00 bits per heavy atom. The molecule has 0 saturated carbocycles. The highest BCUT2D eigenvalue weighted by molar-refractivity contribution is 5.95. The van der Waals surface area contributed by atoms with Crippen molar-refractivity contribution in [1.29, 1.82) is 0 Å². The summed E-state index contributed by atoms with van der Waals surface area (Å²) < 4.78 is 10.4. The second kappa shape index (κ2) is 6.04. The number of benzene rings is 1. The zero-order chi connectivity index (χ0) is 13.7. The van der Waals surface area contributed by atoms with Gasteiger partial charge in [0.1, 0.15) is 12.9 Å². The quantitative estimate of drug-likeness (QED) is 0.474. The zero-order valence-corrected chi connectivity index (χ0v) is 10.9. The molecule has 0 spiro atoms. The van der Waals surface area contributed by atoms with Gasteiger partial charge in [0.15, 0.2) is 0 Å². The second-order valence-corrected chi connectivity index (χ2v) is 3.94. The molecule has 0 amide bonds. The fraction of sp³-hybridized carbons (Fsp3) is 0.286. The highest BCUT2D eigenvalue weighted by atomic mass is 16.6. The van der Waals surface area contributed by atoms with Crippen LogP contribution in [0.3, 0.4) is 0 Å². The molecule has 0 saturated heterocycles. The Kier molecular flexibility index (Phi) is 4.18. The molecule has 0 radical (unpaired) electrons. The Morgan fingerprint density at radius 2 is 2.26 bits per heavy atom. The fourth-order valence-corrected chi connectivity index (χ4v) is 1.88. The Labute approximate surface area is 111 Å². The van der Waals surface area contributed by atoms with E-state index in [9.17, 15) is 4.79 Å². The third-order valence-corrected chi connectivity index (χ3v) is 2.77. The molecule has 1 aromatic carbocycles. The van der Waals surface area contributed by atoms with Crippen LogP contribution >= 0.6 is 0 Å². The molecule has 0 aromatic heterocycles. The first-order chi connectivity index (χ1) is 9.26. The first kappa shape index (κ1) is 13.1. The van der Waals surface area contributed by atoms with Gasteiger partial charge in [-0.1, -0.05) is 17.3 Å². The van der Waals surface area contributed by atoms with Crippen molar-refractivity contribution in [3.8, 4) is 5.75 Å². The Hall–Kier alpha value is -2.30. The van der Waals surface area contributed by atoms with E-state index in [-0.39, 0.29) is 5.97 Å². The molecule has 1 aliphatic rings. The minimum Gasteiger partial charge on any atom is -0.492 e.